The number of piperazine rings is 1. The van der Waals surface area contributed by atoms with Gasteiger partial charge in [-0.3, -0.25) is 4.79 Å². The molecular formula is C12H21N5OS2. The smallest absolute Gasteiger partial charge is 0.265 e. The van der Waals surface area contributed by atoms with Crippen molar-refractivity contribution in [2.75, 3.05) is 49.6 Å². The van der Waals surface area contributed by atoms with Gasteiger partial charge in [0.25, 0.3) is 5.91 Å². The molecule has 0 saturated carbocycles. The van der Waals surface area contributed by atoms with Gasteiger partial charge in [-0.05, 0) is 6.26 Å². The molecule has 1 saturated heterocycles. The number of aromatic nitrogens is 1. The summed E-state index contributed by atoms with van der Waals surface area (Å²) in [6.07, 6.45) is 2.03. The third-order valence-corrected chi connectivity index (χ3v) is 5.29. The van der Waals surface area contributed by atoms with E-state index in [4.69, 9.17) is 5.73 Å². The van der Waals surface area contributed by atoms with Crippen LogP contribution in [0.25, 0.3) is 0 Å². The highest BCUT2D eigenvalue weighted by Crippen LogP contribution is 2.28. The van der Waals surface area contributed by atoms with Gasteiger partial charge in [0, 0.05) is 38.0 Å². The number of thiazole rings is 1. The number of carbonyl (C=O) groups is 1. The third-order valence-electron chi connectivity index (χ3n) is 3.19. The second-order valence-electron chi connectivity index (χ2n) is 4.70. The predicted octanol–water partition coefficient (Wildman–Crippen LogP) is 0.616. The maximum atomic E-state index is 12.1. The van der Waals surface area contributed by atoms with Gasteiger partial charge in [-0.15, -0.1) is 0 Å². The molecule has 20 heavy (non-hydrogen) atoms. The molecule has 8 heteroatoms. The van der Waals surface area contributed by atoms with E-state index in [1.54, 1.807) is 11.8 Å². The Morgan fingerprint density at radius 3 is 2.95 bits per heavy atom. The Morgan fingerprint density at radius 2 is 2.30 bits per heavy atom. The van der Waals surface area contributed by atoms with Gasteiger partial charge in [0.15, 0.2) is 5.13 Å². The van der Waals surface area contributed by atoms with Gasteiger partial charge in [-0.1, -0.05) is 18.3 Å². The number of nitrogens with one attached hydrogen (secondary N) is 2. The number of nitrogens with two attached hydrogens (primary N) is 1. The first-order valence-corrected chi connectivity index (χ1v) is 8.75. The van der Waals surface area contributed by atoms with Crippen molar-refractivity contribution in [3.8, 4) is 0 Å². The summed E-state index contributed by atoms with van der Waals surface area (Å²) in [5.41, 5.74) is 5.88. The Kier molecular flexibility index (Phi) is 5.50. The second-order valence-corrected chi connectivity index (χ2v) is 6.96. The minimum atomic E-state index is -0.123. The minimum absolute atomic E-state index is 0.123. The fraction of sp³-hybridized carbons (Fsp3) is 0.667. The van der Waals surface area contributed by atoms with Gasteiger partial charge in [0.2, 0.25) is 0 Å². The fourth-order valence-electron chi connectivity index (χ4n) is 1.87. The molecule has 1 aromatic heterocycles. The first-order chi connectivity index (χ1) is 9.61. The molecule has 2 heterocycles. The number of nitrogens with zero attached hydrogens (tertiary/aromatic N) is 2. The lowest BCUT2D eigenvalue weighted by Crippen LogP contribution is -2.43. The van der Waals surface area contributed by atoms with Crippen LogP contribution in [0.1, 0.15) is 16.6 Å². The normalized spacial score (nSPS) is 17.0. The Balaban J connectivity index is 2.01. The summed E-state index contributed by atoms with van der Waals surface area (Å²) in [6.45, 7) is 6.39. The SMILES string of the molecule is CSC(C)CNC(=O)c1sc(N2CCNCC2)nc1N. The second kappa shape index (κ2) is 7.14. The van der Waals surface area contributed by atoms with Crippen molar-refractivity contribution < 1.29 is 4.79 Å². The molecule has 6 nitrogen and oxygen atoms in total. The summed E-state index contributed by atoms with van der Waals surface area (Å²) in [5.74, 6) is 0.208. The van der Waals surface area contributed by atoms with E-state index >= 15 is 0 Å². The Bertz CT molecular complexity index is 459. The van der Waals surface area contributed by atoms with E-state index in [9.17, 15) is 4.79 Å². The van der Waals surface area contributed by atoms with Crippen LogP contribution in [-0.4, -0.2) is 55.1 Å². The lowest BCUT2D eigenvalue weighted by atomic mass is 10.4. The van der Waals surface area contributed by atoms with Crippen molar-refractivity contribution in [2.45, 2.75) is 12.2 Å². The van der Waals surface area contributed by atoms with Gasteiger partial charge < -0.3 is 21.3 Å². The van der Waals surface area contributed by atoms with E-state index in [0.717, 1.165) is 31.3 Å². The zero-order valence-corrected chi connectivity index (χ0v) is 13.4. The average Bonchev–Trinajstić information content (AvgIpc) is 2.87. The molecule has 1 aliphatic heterocycles. The van der Waals surface area contributed by atoms with Crippen LogP contribution in [-0.2, 0) is 0 Å². The Morgan fingerprint density at radius 1 is 1.60 bits per heavy atom. The highest BCUT2D eigenvalue weighted by atomic mass is 32.2. The molecule has 4 N–H and O–H groups in total. The number of hydrogen-bond acceptors (Lipinski definition) is 7. The van der Waals surface area contributed by atoms with E-state index in [-0.39, 0.29) is 5.91 Å². The maximum absolute atomic E-state index is 12.1. The summed E-state index contributed by atoms with van der Waals surface area (Å²) in [5, 5.41) is 7.43. The molecule has 1 aliphatic rings. The maximum Gasteiger partial charge on any atom is 0.265 e. The van der Waals surface area contributed by atoms with Crippen molar-refractivity contribution in [3.63, 3.8) is 0 Å². The van der Waals surface area contributed by atoms with Gasteiger partial charge in [0.1, 0.15) is 10.7 Å². The van der Waals surface area contributed by atoms with E-state index in [2.05, 4.69) is 27.4 Å². The molecule has 0 spiro atoms. The number of anilines is 2. The predicted molar refractivity (Wildman–Crippen MR) is 86.9 cm³/mol. The van der Waals surface area contributed by atoms with Gasteiger partial charge >= 0.3 is 0 Å². The van der Waals surface area contributed by atoms with Gasteiger partial charge in [-0.2, -0.15) is 11.8 Å². The fourth-order valence-corrected chi connectivity index (χ4v) is 3.08. The highest BCUT2D eigenvalue weighted by Gasteiger charge is 2.20. The Labute approximate surface area is 127 Å². The van der Waals surface area contributed by atoms with Crippen molar-refractivity contribution in [2.24, 2.45) is 0 Å². The average molecular weight is 315 g/mol. The van der Waals surface area contributed by atoms with Crippen LogP contribution in [0.4, 0.5) is 10.9 Å². The van der Waals surface area contributed by atoms with Crippen LogP contribution in [0.2, 0.25) is 0 Å². The van der Waals surface area contributed by atoms with Crippen LogP contribution >= 0.6 is 23.1 Å². The molecule has 0 radical (unpaired) electrons. The number of rotatable bonds is 5. The first kappa shape index (κ1) is 15.4. The van der Waals surface area contributed by atoms with E-state index in [0.29, 0.717) is 22.5 Å². The summed E-state index contributed by atoms with van der Waals surface area (Å²) in [6, 6.07) is 0. The molecule has 0 bridgehead atoms. The lowest BCUT2D eigenvalue weighted by Gasteiger charge is -2.26. The molecule has 1 unspecified atom stereocenters. The van der Waals surface area contributed by atoms with E-state index < -0.39 is 0 Å². The van der Waals surface area contributed by atoms with Crippen LogP contribution in [0, 0.1) is 0 Å². The molecule has 2 rings (SSSR count). The Hall–Kier alpha value is -0.990. The molecule has 0 aromatic carbocycles. The molecule has 1 amide bonds. The molecular weight excluding hydrogens is 294 g/mol. The van der Waals surface area contributed by atoms with Crippen molar-refractivity contribution in [1.29, 1.82) is 0 Å². The highest BCUT2D eigenvalue weighted by molar-refractivity contribution is 7.99. The van der Waals surface area contributed by atoms with Crippen LogP contribution in [0.3, 0.4) is 0 Å². The van der Waals surface area contributed by atoms with Crippen molar-refractivity contribution in [1.82, 2.24) is 15.6 Å². The summed E-state index contributed by atoms with van der Waals surface area (Å²) < 4.78 is 0. The zero-order chi connectivity index (χ0) is 14.5. The minimum Gasteiger partial charge on any atom is -0.382 e. The summed E-state index contributed by atoms with van der Waals surface area (Å²) in [7, 11) is 0. The van der Waals surface area contributed by atoms with Crippen molar-refractivity contribution >= 4 is 40.0 Å². The molecule has 0 aliphatic carbocycles. The number of thioether (sulfide) groups is 1. The number of amides is 1. The largest absolute Gasteiger partial charge is 0.382 e. The van der Waals surface area contributed by atoms with Crippen LogP contribution in [0.5, 0.6) is 0 Å². The number of nitrogen functional groups attached to an aromatic ring is 1. The molecule has 1 aromatic rings. The lowest BCUT2D eigenvalue weighted by molar-refractivity contribution is 0.0959. The van der Waals surface area contributed by atoms with Crippen LogP contribution in [0.15, 0.2) is 0 Å². The standard InChI is InChI=1S/C12H21N5OS2/c1-8(19-2)7-15-11(18)9-10(13)16-12(20-9)17-5-3-14-4-6-17/h8,14H,3-7,13H2,1-2H3,(H,15,18). The van der Waals surface area contributed by atoms with Crippen molar-refractivity contribution in [3.05, 3.63) is 4.88 Å². The zero-order valence-electron chi connectivity index (χ0n) is 11.8. The summed E-state index contributed by atoms with van der Waals surface area (Å²) in [4.78, 5) is 19.1. The van der Waals surface area contributed by atoms with E-state index in [1.165, 1.54) is 11.3 Å². The quantitative estimate of drug-likeness (QED) is 0.739. The van der Waals surface area contributed by atoms with Crippen LogP contribution < -0.4 is 21.3 Å². The topological polar surface area (TPSA) is 83.3 Å². The molecule has 112 valence electrons. The first-order valence-electron chi connectivity index (χ1n) is 6.64. The van der Waals surface area contributed by atoms with Gasteiger partial charge in [-0.25, -0.2) is 4.98 Å². The summed E-state index contributed by atoms with van der Waals surface area (Å²) >= 11 is 3.10. The third kappa shape index (κ3) is 3.77. The molecule has 1 atom stereocenters. The van der Waals surface area contributed by atoms with Gasteiger partial charge in [0.05, 0.1) is 0 Å². The molecule has 1 fully saturated rings. The number of carbonyl (C=O) groups excluding carboxylic acids is 1. The van der Waals surface area contributed by atoms with E-state index in [1.807, 2.05) is 6.26 Å². The monoisotopic (exact) mass is 315 g/mol. The number of hydrogen-bond donors (Lipinski definition) is 3.